The molecule has 5 nitrogen and oxygen atoms in total. The van der Waals surface area contributed by atoms with E-state index in [2.05, 4.69) is 0 Å². The molecule has 0 radical (unpaired) electrons. The zero-order chi connectivity index (χ0) is 14.1. The van der Waals surface area contributed by atoms with Gasteiger partial charge in [-0.05, 0) is 18.1 Å². The zero-order valence-electron chi connectivity index (χ0n) is 11.3. The molecule has 1 heterocycles. The molecule has 0 aromatic heterocycles. The largest absolute Gasteiger partial charge is 0.463 e. The second-order valence-electron chi connectivity index (χ2n) is 4.96. The van der Waals surface area contributed by atoms with E-state index in [1.165, 1.54) is 0 Å². The molecule has 6 heteroatoms. The number of hydrogen-bond acceptors (Lipinski definition) is 5. The summed E-state index contributed by atoms with van der Waals surface area (Å²) in [7, 11) is -3.40. The third kappa shape index (κ3) is 3.92. The second kappa shape index (κ2) is 5.11. The van der Waals surface area contributed by atoms with E-state index in [4.69, 9.17) is 13.7 Å². The Morgan fingerprint density at radius 2 is 2.11 bits per heavy atom. The van der Waals surface area contributed by atoms with Crippen LogP contribution in [0.5, 0.6) is 5.75 Å². The number of fused-ring (bicyclic) bond motifs is 1. The van der Waals surface area contributed by atoms with Crippen molar-refractivity contribution in [2.24, 2.45) is 0 Å². The van der Waals surface area contributed by atoms with Gasteiger partial charge in [-0.1, -0.05) is 12.1 Å². The van der Waals surface area contributed by atoms with Gasteiger partial charge in [0.1, 0.15) is 5.75 Å². The average Bonchev–Trinajstić information content (AvgIpc) is 2.25. The molecule has 106 valence electrons. The lowest BCUT2D eigenvalue weighted by Gasteiger charge is -2.33. The van der Waals surface area contributed by atoms with Crippen molar-refractivity contribution in [1.29, 1.82) is 0 Å². The van der Waals surface area contributed by atoms with E-state index in [0.717, 1.165) is 23.1 Å². The summed E-state index contributed by atoms with van der Waals surface area (Å²) < 4.78 is 37.9. The molecule has 0 saturated carbocycles. The zero-order valence-corrected chi connectivity index (χ0v) is 12.1. The summed E-state index contributed by atoms with van der Waals surface area (Å²) in [6.07, 6.45) is 1.55. The molecule has 1 aromatic rings. The Balaban J connectivity index is 2.11. The van der Waals surface area contributed by atoms with Crippen molar-refractivity contribution < 1.29 is 22.1 Å². The van der Waals surface area contributed by atoms with E-state index < -0.39 is 15.9 Å². The maximum Gasteiger partial charge on any atom is 0.264 e. The van der Waals surface area contributed by atoms with Crippen molar-refractivity contribution in [3.05, 3.63) is 29.3 Å². The SMILES string of the molecule is CC1(C)OCc2c(CCOS(C)(=O)=O)cccc2O1. The van der Waals surface area contributed by atoms with Crippen LogP contribution in [0, 0.1) is 0 Å². The lowest BCUT2D eigenvalue weighted by molar-refractivity contribution is -0.180. The van der Waals surface area contributed by atoms with Crippen LogP contribution in [0.15, 0.2) is 18.2 Å². The Bertz CT molecular complexity index is 562. The first-order chi connectivity index (χ1) is 8.77. The minimum atomic E-state index is -3.40. The van der Waals surface area contributed by atoms with Crippen LogP contribution in [0.25, 0.3) is 0 Å². The van der Waals surface area contributed by atoms with Gasteiger partial charge in [-0.15, -0.1) is 0 Å². The summed E-state index contributed by atoms with van der Waals surface area (Å²) in [4.78, 5) is 0. The highest BCUT2D eigenvalue weighted by molar-refractivity contribution is 7.85. The average molecular weight is 286 g/mol. The number of ether oxygens (including phenoxy) is 2. The van der Waals surface area contributed by atoms with Gasteiger partial charge < -0.3 is 9.47 Å². The van der Waals surface area contributed by atoms with E-state index in [1.54, 1.807) is 0 Å². The molecular formula is C13H18O5S. The number of benzene rings is 1. The van der Waals surface area contributed by atoms with E-state index in [-0.39, 0.29) is 6.61 Å². The van der Waals surface area contributed by atoms with Gasteiger partial charge in [-0.2, -0.15) is 8.42 Å². The van der Waals surface area contributed by atoms with Crippen LogP contribution in [0.1, 0.15) is 25.0 Å². The van der Waals surface area contributed by atoms with Gasteiger partial charge in [0.15, 0.2) is 0 Å². The van der Waals surface area contributed by atoms with Gasteiger partial charge in [-0.25, -0.2) is 0 Å². The summed E-state index contributed by atoms with van der Waals surface area (Å²) >= 11 is 0. The monoisotopic (exact) mass is 286 g/mol. The lowest BCUT2D eigenvalue weighted by atomic mass is 10.0. The first kappa shape index (κ1) is 14.3. The fraction of sp³-hybridized carbons (Fsp3) is 0.538. The highest BCUT2D eigenvalue weighted by Gasteiger charge is 2.28. The Morgan fingerprint density at radius 1 is 1.37 bits per heavy atom. The van der Waals surface area contributed by atoms with Crippen LogP contribution < -0.4 is 4.74 Å². The quantitative estimate of drug-likeness (QED) is 0.790. The van der Waals surface area contributed by atoms with Crippen LogP contribution in [0.4, 0.5) is 0 Å². The summed E-state index contributed by atoms with van der Waals surface area (Å²) in [5, 5.41) is 0. The Labute approximate surface area is 113 Å². The molecule has 0 spiro atoms. The second-order valence-corrected chi connectivity index (χ2v) is 6.60. The summed E-state index contributed by atoms with van der Waals surface area (Å²) in [6, 6.07) is 5.70. The maximum absolute atomic E-state index is 10.9. The third-order valence-corrected chi connectivity index (χ3v) is 3.41. The predicted molar refractivity (Wildman–Crippen MR) is 70.4 cm³/mol. The van der Waals surface area contributed by atoms with Gasteiger partial charge in [0, 0.05) is 19.4 Å². The van der Waals surface area contributed by atoms with Crippen molar-refractivity contribution in [3.63, 3.8) is 0 Å². The minimum Gasteiger partial charge on any atom is -0.463 e. The normalized spacial score (nSPS) is 17.6. The highest BCUT2D eigenvalue weighted by atomic mass is 32.2. The predicted octanol–water partition coefficient (Wildman–Crippen LogP) is 1.85. The molecule has 1 aliphatic rings. The van der Waals surface area contributed by atoms with Crippen molar-refractivity contribution in [1.82, 2.24) is 0 Å². The van der Waals surface area contributed by atoms with Gasteiger partial charge in [0.2, 0.25) is 5.79 Å². The summed E-state index contributed by atoms with van der Waals surface area (Å²) in [5.41, 5.74) is 1.94. The fourth-order valence-electron chi connectivity index (χ4n) is 1.95. The van der Waals surface area contributed by atoms with Crippen LogP contribution in [-0.2, 0) is 32.1 Å². The van der Waals surface area contributed by atoms with E-state index in [0.29, 0.717) is 13.0 Å². The molecule has 1 aliphatic heterocycles. The standard InChI is InChI=1S/C13H18O5S/c1-13(2)16-9-11-10(5-4-6-12(11)18-13)7-8-17-19(3,14)15/h4-6H,7-9H2,1-3H3. The molecule has 19 heavy (non-hydrogen) atoms. The van der Waals surface area contributed by atoms with Gasteiger partial charge in [-0.3, -0.25) is 4.18 Å². The fourth-order valence-corrected chi connectivity index (χ4v) is 2.33. The number of hydrogen-bond donors (Lipinski definition) is 0. The highest BCUT2D eigenvalue weighted by Crippen LogP contribution is 2.33. The molecule has 1 aromatic carbocycles. The number of rotatable bonds is 4. The van der Waals surface area contributed by atoms with Crippen molar-refractivity contribution >= 4 is 10.1 Å². The van der Waals surface area contributed by atoms with Crippen LogP contribution >= 0.6 is 0 Å². The van der Waals surface area contributed by atoms with Crippen molar-refractivity contribution in [2.45, 2.75) is 32.7 Å². The van der Waals surface area contributed by atoms with Gasteiger partial charge in [0.05, 0.1) is 19.5 Å². The van der Waals surface area contributed by atoms with E-state index in [1.807, 2.05) is 32.0 Å². The molecule has 0 atom stereocenters. The Hall–Kier alpha value is -1.11. The van der Waals surface area contributed by atoms with Crippen LogP contribution in [0.2, 0.25) is 0 Å². The first-order valence-corrected chi connectivity index (χ1v) is 7.87. The minimum absolute atomic E-state index is 0.124. The molecule has 2 rings (SSSR count). The van der Waals surface area contributed by atoms with E-state index >= 15 is 0 Å². The van der Waals surface area contributed by atoms with Gasteiger partial charge >= 0.3 is 0 Å². The van der Waals surface area contributed by atoms with Gasteiger partial charge in [0.25, 0.3) is 10.1 Å². The smallest absolute Gasteiger partial charge is 0.264 e. The first-order valence-electron chi connectivity index (χ1n) is 6.05. The van der Waals surface area contributed by atoms with E-state index in [9.17, 15) is 8.42 Å². The van der Waals surface area contributed by atoms with Crippen molar-refractivity contribution in [2.75, 3.05) is 12.9 Å². The molecule has 0 bridgehead atoms. The molecule has 0 fully saturated rings. The molecule has 0 N–H and O–H groups in total. The lowest BCUT2D eigenvalue weighted by Crippen LogP contribution is -2.35. The topological polar surface area (TPSA) is 61.8 Å². The van der Waals surface area contributed by atoms with Crippen LogP contribution in [0.3, 0.4) is 0 Å². The molecule has 0 amide bonds. The summed E-state index contributed by atoms with van der Waals surface area (Å²) in [5.74, 6) is 0.155. The third-order valence-electron chi connectivity index (χ3n) is 2.82. The molecule has 0 unspecified atom stereocenters. The van der Waals surface area contributed by atoms with Crippen LogP contribution in [-0.4, -0.2) is 27.1 Å². The summed E-state index contributed by atoms with van der Waals surface area (Å²) in [6.45, 7) is 4.29. The maximum atomic E-state index is 10.9. The molecule has 0 saturated heterocycles. The molecule has 0 aliphatic carbocycles. The van der Waals surface area contributed by atoms with Crippen molar-refractivity contribution in [3.8, 4) is 5.75 Å². The molecular weight excluding hydrogens is 268 g/mol. The Morgan fingerprint density at radius 3 is 2.79 bits per heavy atom. The Kier molecular flexibility index (Phi) is 3.85.